The molecule has 1 saturated heterocycles. The number of anilines is 3. The number of rotatable bonds is 6. The second kappa shape index (κ2) is 7.75. The third kappa shape index (κ3) is 4.43. The molecule has 134 valence electrons. The van der Waals surface area contributed by atoms with Crippen molar-refractivity contribution in [2.24, 2.45) is 0 Å². The van der Waals surface area contributed by atoms with E-state index in [2.05, 4.69) is 37.0 Å². The van der Waals surface area contributed by atoms with Crippen LogP contribution in [-0.2, 0) is 0 Å². The van der Waals surface area contributed by atoms with E-state index in [-0.39, 0.29) is 4.88 Å². The molecule has 1 aliphatic heterocycles. The SMILES string of the molecule is CCCN1CCN(c2cc(Nc3ncc(C(=O)O)s3)nc(C)n2)CC1. The molecule has 0 unspecified atom stereocenters. The van der Waals surface area contributed by atoms with Crippen molar-refractivity contribution in [1.82, 2.24) is 19.9 Å². The van der Waals surface area contributed by atoms with Crippen LogP contribution >= 0.6 is 11.3 Å². The van der Waals surface area contributed by atoms with E-state index < -0.39 is 5.97 Å². The fraction of sp³-hybridized carbons (Fsp3) is 0.500. The van der Waals surface area contributed by atoms with E-state index in [0.29, 0.717) is 16.8 Å². The Morgan fingerprint density at radius 2 is 2.08 bits per heavy atom. The highest BCUT2D eigenvalue weighted by Gasteiger charge is 2.18. The first kappa shape index (κ1) is 17.6. The fourth-order valence-electron chi connectivity index (χ4n) is 2.84. The van der Waals surface area contributed by atoms with Crippen molar-refractivity contribution in [3.63, 3.8) is 0 Å². The molecule has 0 radical (unpaired) electrons. The van der Waals surface area contributed by atoms with Gasteiger partial charge in [-0.2, -0.15) is 0 Å². The van der Waals surface area contributed by atoms with Gasteiger partial charge >= 0.3 is 5.97 Å². The summed E-state index contributed by atoms with van der Waals surface area (Å²) in [6.07, 6.45) is 2.52. The average molecular weight is 362 g/mol. The summed E-state index contributed by atoms with van der Waals surface area (Å²) < 4.78 is 0. The zero-order chi connectivity index (χ0) is 17.8. The molecule has 0 aliphatic carbocycles. The molecule has 2 N–H and O–H groups in total. The average Bonchev–Trinajstić information content (AvgIpc) is 3.04. The lowest BCUT2D eigenvalue weighted by molar-refractivity contribution is 0.0702. The molecular formula is C16H22N6O2S. The highest BCUT2D eigenvalue weighted by Crippen LogP contribution is 2.24. The molecule has 0 amide bonds. The van der Waals surface area contributed by atoms with Crippen LogP contribution in [0.1, 0.15) is 28.8 Å². The summed E-state index contributed by atoms with van der Waals surface area (Å²) in [7, 11) is 0. The molecule has 8 nitrogen and oxygen atoms in total. The number of aromatic carboxylic acids is 1. The van der Waals surface area contributed by atoms with Gasteiger partial charge in [-0.05, 0) is 19.9 Å². The Bertz CT molecular complexity index is 742. The minimum absolute atomic E-state index is 0.195. The van der Waals surface area contributed by atoms with Gasteiger partial charge in [0, 0.05) is 32.2 Å². The minimum atomic E-state index is -0.977. The van der Waals surface area contributed by atoms with E-state index >= 15 is 0 Å². The molecule has 0 bridgehead atoms. The Morgan fingerprint density at radius 3 is 2.72 bits per heavy atom. The Kier molecular flexibility index (Phi) is 5.44. The number of carbonyl (C=O) groups is 1. The third-order valence-corrected chi connectivity index (χ3v) is 4.91. The van der Waals surface area contributed by atoms with Crippen LogP contribution < -0.4 is 10.2 Å². The number of hydrogen-bond donors (Lipinski definition) is 2. The predicted octanol–water partition coefficient (Wildman–Crippen LogP) is 2.22. The Balaban J connectivity index is 1.71. The maximum atomic E-state index is 11.0. The molecule has 0 spiro atoms. The van der Waals surface area contributed by atoms with Crippen LogP contribution in [0.5, 0.6) is 0 Å². The van der Waals surface area contributed by atoms with Gasteiger partial charge in [-0.3, -0.25) is 4.90 Å². The maximum Gasteiger partial charge on any atom is 0.347 e. The molecule has 1 fully saturated rings. The van der Waals surface area contributed by atoms with E-state index in [1.807, 2.05) is 13.0 Å². The number of nitrogens with one attached hydrogen (secondary N) is 1. The van der Waals surface area contributed by atoms with E-state index in [9.17, 15) is 4.79 Å². The summed E-state index contributed by atoms with van der Waals surface area (Å²) in [5.74, 6) is 1.21. The number of carboxylic acid groups (broad SMARTS) is 1. The van der Waals surface area contributed by atoms with Crippen molar-refractivity contribution in [3.05, 3.63) is 23.0 Å². The second-order valence-electron chi connectivity index (χ2n) is 5.95. The van der Waals surface area contributed by atoms with Crippen LogP contribution in [0.15, 0.2) is 12.3 Å². The predicted molar refractivity (Wildman–Crippen MR) is 98.1 cm³/mol. The highest BCUT2D eigenvalue weighted by atomic mass is 32.1. The van der Waals surface area contributed by atoms with Gasteiger partial charge in [0.15, 0.2) is 5.13 Å². The van der Waals surface area contributed by atoms with Gasteiger partial charge in [0.2, 0.25) is 0 Å². The van der Waals surface area contributed by atoms with Crippen LogP contribution in [0.4, 0.5) is 16.8 Å². The molecule has 3 heterocycles. The highest BCUT2D eigenvalue weighted by molar-refractivity contribution is 7.17. The standard InChI is InChI=1S/C16H22N6O2S/c1-3-4-21-5-7-22(8-6-21)14-9-13(18-11(2)19-14)20-16-17-10-12(25-16)15(23)24/h9-10H,3-8H2,1-2H3,(H,23,24)(H,17,18,19,20). The second-order valence-corrected chi connectivity index (χ2v) is 6.98. The smallest absolute Gasteiger partial charge is 0.347 e. The number of piperazine rings is 1. The Hall–Kier alpha value is -2.26. The number of aromatic nitrogens is 3. The third-order valence-electron chi connectivity index (χ3n) is 4.01. The zero-order valence-corrected chi connectivity index (χ0v) is 15.2. The summed E-state index contributed by atoms with van der Waals surface area (Å²) in [5, 5.41) is 12.6. The number of carboxylic acids is 1. The number of nitrogens with zero attached hydrogens (tertiary/aromatic N) is 5. The van der Waals surface area contributed by atoms with Gasteiger partial charge in [0.05, 0.1) is 6.20 Å². The Morgan fingerprint density at radius 1 is 1.32 bits per heavy atom. The molecule has 9 heteroatoms. The van der Waals surface area contributed by atoms with Crippen molar-refractivity contribution in [1.29, 1.82) is 0 Å². The quantitative estimate of drug-likeness (QED) is 0.808. The van der Waals surface area contributed by atoms with Crippen LogP contribution in [0, 0.1) is 6.92 Å². The largest absolute Gasteiger partial charge is 0.477 e. The van der Waals surface area contributed by atoms with E-state index in [1.54, 1.807) is 0 Å². The first-order valence-electron chi connectivity index (χ1n) is 8.34. The molecule has 0 saturated carbocycles. The van der Waals surface area contributed by atoms with Gasteiger partial charge in [-0.1, -0.05) is 18.3 Å². The van der Waals surface area contributed by atoms with E-state index in [0.717, 1.165) is 49.9 Å². The fourth-order valence-corrected chi connectivity index (χ4v) is 3.50. The number of aryl methyl sites for hydroxylation is 1. The van der Waals surface area contributed by atoms with Crippen molar-refractivity contribution in [3.8, 4) is 0 Å². The summed E-state index contributed by atoms with van der Waals surface area (Å²) in [6.45, 7) is 9.15. The van der Waals surface area contributed by atoms with Gasteiger partial charge in [0.1, 0.15) is 22.3 Å². The van der Waals surface area contributed by atoms with Gasteiger partial charge in [-0.15, -0.1) is 0 Å². The van der Waals surface area contributed by atoms with Gasteiger partial charge < -0.3 is 15.3 Å². The lowest BCUT2D eigenvalue weighted by Crippen LogP contribution is -2.46. The first-order chi connectivity index (χ1) is 12.0. The maximum absolute atomic E-state index is 11.0. The van der Waals surface area contributed by atoms with Crippen molar-refractivity contribution >= 4 is 34.1 Å². The lowest BCUT2D eigenvalue weighted by Gasteiger charge is -2.35. The van der Waals surface area contributed by atoms with Crippen LogP contribution in [-0.4, -0.2) is 63.7 Å². The van der Waals surface area contributed by atoms with E-state index in [1.165, 1.54) is 12.6 Å². The summed E-state index contributed by atoms with van der Waals surface area (Å²) in [4.78, 5) is 28.9. The van der Waals surface area contributed by atoms with Crippen molar-refractivity contribution in [2.75, 3.05) is 42.9 Å². The molecule has 2 aromatic heterocycles. The van der Waals surface area contributed by atoms with Crippen molar-refractivity contribution < 1.29 is 9.90 Å². The van der Waals surface area contributed by atoms with Crippen LogP contribution in [0.2, 0.25) is 0 Å². The normalized spacial score (nSPS) is 15.4. The monoisotopic (exact) mass is 362 g/mol. The first-order valence-corrected chi connectivity index (χ1v) is 9.16. The van der Waals surface area contributed by atoms with Crippen LogP contribution in [0.3, 0.4) is 0 Å². The summed E-state index contributed by atoms with van der Waals surface area (Å²) >= 11 is 1.09. The lowest BCUT2D eigenvalue weighted by atomic mass is 10.3. The summed E-state index contributed by atoms with van der Waals surface area (Å²) in [6, 6.07) is 1.89. The van der Waals surface area contributed by atoms with Gasteiger partial charge in [-0.25, -0.2) is 19.7 Å². The topological polar surface area (TPSA) is 94.5 Å². The minimum Gasteiger partial charge on any atom is -0.477 e. The number of hydrogen-bond acceptors (Lipinski definition) is 8. The molecule has 0 aromatic carbocycles. The Labute approximate surface area is 150 Å². The molecular weight excluding hydrogens is 340 g/mol. The molecule has 25 heavy (non-hydrogen) atoms. The number of thiazole rings is 1. The molecule has 1 aliphatic rings. The summed E-state index contributed by atoms with van der Waals surface area (Å²) in [5.41, 5.74) is 0. The molecule has 0 atom stereocenters. The zero-order valence-electron chi connectivity index (χ0n) is 14.4. The molecule has 2 aromatic rings. The molecule has 3 rings (SSSR count). The van der Waals surface area contributed by atoms with Crippen LogP contribution in [0.25, 0.3) is 0 Å². The van der Waals surface area contributed by atoms with Crippen molar-refractivity contribution in [2.45, 2.75) is 20.3 Å². The van der Waals surface area contributed by atoms with Gasteiger partial charge in [0.25, 0.3) is 0 Å². The van der Waals surface area contributed by atoms with E-state index in [4.69, 9.17) is 5.11 Å².